The molecule has 0 bridgehead atoms. The van der Waals surface area contributed by atoms with Gasteiger partial charge in [0, 0.05) is 26.7 Å². The van der Waals surface area contributed by atoms with Crippen molar-refractivity contribution in [2.45, 2.75) is 51.9 Å². The third kappa shape index (κ3) is 3.43. The molecular weight excluding hydrogens is 332 g/mol. The van der Waals surface area contributed by atoms with Crippen LogP contribution < -0.4 is 16.6 Å². The fourth-order valence-electron chi connectivity index (χ4n) is 3.80. The van der Waals surface area contributed by atoms with Gasteiger partial charge in [-0.1, -0.05) is 32.1 Å². The van der Waals surface area contributed by atoms with Crippen LogP contribution in [0.1, 0.15) is 50.5 Å². The molecule has 1 amide bonds. The summed E-state index contributed by atoms with van der Waals surface area (Å²) in [5.74, 6) is 0.528. The number of carbonyl (C=O) groups excluding carboxylic acids is 1. The first-order valence-corrected chi connectivity index (χ1v) is 9.25. The van der Waals surface area contributed by atoms with Crippen molar-refractivity contribution in [3.63, 3.8) is 0 Å². The first-order valence-electron chi connectivity index (χ1n) is 9.25. The van der Waals surface area contributed by atoms with E-state index in [4.69, 9.17) is 0 Å². The van der Waals surface area contributed by atoms with Gasteiger partial charge in [0.25, 0.3) is 5.56 Å². The van der Waals surface area contributed by atoms with Gasteiger partial charge in [0.2, 0.25) is 5.91 Å². The number of hydrogen-bond donors (Lipinski definition) is 1. The van der Waals surface area contributed by atoms with Crippen LogP contribution in [0.3, 0.4) is 0 Å². The molecule has 2 heterocycles. The van der Waals surface area contributed by atoms with Gasteiger partial charge in [-0.25, -0.2) is 9.78 Å². The zero-order valence-electron chi connectivity index (χ0n) is 15.7. The van der Waals surface area contributed by atoms with Gasteiger partial charge in [0.05, 0.1) is 5.69 Å². The molecule has 7 nitrogen and oxygen atoms in total. The van der Waals surface area contributed by atoms with E-state index in [0.29, 0.717) is 23.6 Å². The quantitative estimate of drug-likeness (QED) is 0.908. The van der Waals surface area contributed by atoms with Gasteiger partial charge in [-0.2, -0.15) is 0 Å². The number of nitrogens with zero attached hydrogens (tertiary/aromatic N) is 3. The third-order valence-electron chi connectivity index (χ3n) is 5.43. The lowest BCUT2D eigenvalue weighted by atomic mass is 9.86. The molecule has 0 radical (unpaired) electrons. The maximum atomic E-state index is 12.6. The summed E-state index contributed by atoms with van der Waals surface area (Å²) in [6.07, 6.45) is 9.12. The summed E-state index contributed by atoms with van der Waals surface area (Å²) < 4.78 is 2.37. The number of nitrogens with one attached hydrogen (secondary N) is 1. The number of carbonyl (C=O) groups is 1. The Bertz CT molecular complexity index is 952. The smallest absolute Gasteiger partial charge is 0.325 e. The second-order valence-corrected chi connectivity index (χ2v) is 7.31. The molecule has 26 heavy (non-hydrogen) atoms. The molecule has 0 aliphatic heterocycles. The van der Waals surface area contributed by atoms with E-state index >= 15 is 0 Å². The van der Waals surface area contributed by atoms with Gasteiger partial charge in [0.1, 0.15) is 5.39 Å². The highest BCUT2D eigenvalue weighted by Crippen LogP contribution is 2.28. The van der Waals surface area contributed by atoms with Crippen LogP contribution in [0.5, 0.6) is 0 Å². The van der Waals surface area contributed by atoms with Crippen LogP contribution in [0.15, 0.2) is 15.8 Å². The van der Waals surface area contributed by atoms with E-state index in [1.54, 1.807) is 20.2 Å². The zero-order chi connectivity index (χ0) is 18.8. The fourth-order valence-corrected chi connectivity index (χ4v) is 3.80. The van der Waals surface area contributed by atoms with Gasteiger partial charge in [0.15, 0.2) is 5.65 Å². The molecule has 0 aromatic carbocycles. The van der Waals surface area contributed by atoms with Gasteiger partial charge >= 0.3 is 5.69 Å². The molecule has 140 valence electrons. The van der Waals surface area contributed by atoms with Crippen molar-refractivity contribution in [2.75, 3.05) is 5.32 Å². The van der Waals surface area contributed by atoms with Crippen LogP contribution in [0.4, 0.5) is 5.69 Å². The van der Waals surface area contributed by atoms with Crippen molar-refractivity contribution in [3.05, 3.63) is 32.6 Å². The standard InChI is InChI=1S/C19H26N4O3/c1-12-11-20-17-15(18(25)23(3)19(26)22(17)2)16(12)21-14(24)10-9-13-7-5-4-6-8-13/h11,13H,4-10H2,1-3H3,(H,20,21,24). The zero-order valence-corrected chi connectivity index (χ0v) is 15.7. The summed E-state index contributed by atoms with van der Waals surface area (Å²) in [7, 11) is 3.00. The van der Waals surface area contributed by atoms with Crippen molar-refractivity contribution in [2.24, 2.45) is 20.0 Å². The Kier molecular flexibility index (Phi) is 5.25. The average molecular weight is 358 g/mol. The summed E-state index contributed by atoms with van der Waals surface area (Å²) >= 11 is 0. The Morgan fingerprint density at radius 1 is 1.19 bits per heavy atom. The minimum Gasteiger partial charge on any atom is -0.325 e. The number of aryl methyl sites for hydroxylation is 2. The van der Waals surface area contributed by atoms with Crippen LogP contribution in [0.2, 0.25) is 0 Å². The van der Waals surface area contributed by atoms with Gasteiger partial charge in [-0.15, -0.1) is 0 Å². The molecule has 7 heteroatoms. The highest BCUT2D eigenvalue weighted by molar-refractivity contribution is 6.00. The fraction of sp³-hybridized carbons (Fsp3) is 0.579. The van der Waals surface area contributed by atoms with Crippen molar-refractivity contribution < 1.29 is 4.79 Å². The SMILES string of the molecule is Cc1cnc2c(c1NC(=O)CCC1CCCCC1)c(=O)n(C)c(=O)n2C. The topological polar surface area (TPSA) is 86.0 Å². The van der Waals surface area contributed by atoms with Crippen LogP contribution in [-0.2, 0) is 18.9 Å². The van der Waals surface area contributed by atoms with E-state index in [2.05, 4.69) is 10.3 Å². The summed E-state index contributed by atoms with van der Waals surface area (Å²) in [6.45, 7) is 1.80. The molecule has 2 aromatic heterocycles. The van der Waals surface area contributed by atoms with E-state index in [-0.39, 0.29) is 16.9 Å². The second kappa shape index (κ2) is 7.43. The van der Waals surface area contributed by atoms with Gasteiger partial charge < -0.3 is 5.32 Å². The number of pyridine rings is 1. The summed E-state index contributed by atoms with van der Waals surface area (Å²) in [4.78, 5) is 41.4. The number of rotatable bonds is 4. The predicted molar refractivity (Wildman–Crippen MR) is 101 cm³/mol. The normalized spacial score (nSPS) is 15.3. The Balaban J connectivity index is 1.89. The second-order valence-electron chi connectivity index (χ2n) is 7.31. The summed E-state index contributed by atoms with van der Waals surface area (Å²) in [6, 6.07) is 0. The molecule has 3 rings (SSSR count). The molecule has 1 aliphatic carbocycles. The maximum Gasteiger partial charge on any atom is 0.332 e. The minimum absolute atomic E-state index is 0.0953. The molecule has 2 aromatic rings. The van der Waals surface area contributed by atoms with Crippen molar-refractivity contribution >= 4 is 22.6 Å². The third-order valence-corrected chi connectivity index (χ3v) is 5.43. The lowest BCUT2D eigenvalue weighted by molar-refractivity contribution is -0.116. The number of amides is 1. The summed E-state index contributed by atoms with van der Waals surface area (Å²) in [5.41, 5.74) is 0.570. The van der Waals surface area contributed by atoms with E-state index in [0.717, 1.165) is 11.0 Å². The molecule has 1 fully saturated rings. The Morgan fingerprint density at radius 3 is 2.58 bits per heavy atom. The van der Waals surface area contributed by atoms with Crippen molar-refractivity contribution in [1.82, 2.24) is 14.1 Å². The van der Waals surface area contributed by atoms with Crippen LogP contribution in [0, 0.1) is 12.8 Å². The van der Waals surface area contributed by atoms with E-state index in [1.165, 1.54) is 43.7 Å². The lowest BCUT2D eigenvalue weighted by Gasteiger charge is -2.21. The van der Waals surface area contributed by atoms with E-state index in [1.807, 2.05) is 0 Å². The molecular formula is C19H26N4O3. The monoisotopic (exact) mass is 358 g/mol. The summed E-state index contributed by atoms with van der Waals surface area (Å²) in [5, 5.41) is 3.18. The number of hydrogen-bond acceptors (Lipinski definition) is 4. The lowest BCUT2D eigenvalue weighted by Crippen LogP contribution is -2.37. The molecule has 0 spiro atoms. The molecule has 0 atom stereocenters. The number of fused-ring (bicyclic) bond motifs is 1. The maximum absolute atomic E-state index is 12.6. The van der Waals surface area contributed by atoms with Gasteiger partial charge in [-0.05, 0) is 24.8 Å². The number of aromatic nitrogens is 3. The van der Waals surface area contributed by atoms with Gasteiger partial charge in [-0.3, -0.25) is 18.7 Å². The predicted octanol–water partition coefficient (Wildman–Crippen LogP) is 2.24. The molecule has 0 unspecified atom stereocenters. The first kappa shape index (κ1) is 18.4. The molecule has 1 saturated carbocycles. The molecule has 1 aliphatic rings. The van der Waals surface area contributed by atoms with Crippen LogP contribution in [-0.4, -0.2) is 20.0 Å². The first-order chi connectivity index (χ1) is 12.4. The van der Waals surface area contributed by atoms with E-state index in [9.17, 15) is 14.4 Å². The molecule has 0 saturated heterocycles. The largest absolute Gasteiger partial charge is 0.332 e. The van der Waals surface area contributed by atoms with Crippen LogP contribution >= 0.6 is 0 Å². The Labute approximate surface area is 152 Å². The highest BCUT2D eigenvalue weighted by Gasteiger charge is 2.19. The Morgan fingerprint density at radius 2 is 1.88 bits per heavy atom. The van der Waals surface area contributed by atoms with Crippen LogP contribution in [0.25, 0.3) is 11.0 Å². The van der Waals surface area contributed by atoms with Crippen molar-refractivity contribution in [3.8, 4) is 0 Å². The molecule has 1 N–H and O–H groups in total. The highest BCUT2D eigenvalue weighted by atomic mass is 16.2. The number of anilines is 1. The minimum atomic E-state index is -0.443. The average Bonchev–Trinajstić information content (AvgIpc) is 2.65. The van der Waals surface area contributed by atoms with Crippen molar-refractivity contribution in [1.29, 1.82) is 0 Å². The van der Waals surface area contributed by atoms with E-state index < -0.39 is 11.2 Å². The Hall–Kier alpha value is -2.44.